The zero-order chi connectivity index (χ0) is 11.3. The summed E-state index contributed by atoms with van der Waals surface area (Å²) in [6.45, 7) is 5.85. The van der Waals surface area contributed by atoms with Gasteiger partial charge in [-0.05, 0) is 38.4 Å². The summed E-state index contributed by atoms with van der Waals surface area (Å²) in [5.74, 6) is 0. The first-order valence-corrected chi connectivity index (χ1v) is 5.74. The maximum Gasteiger partial charge on any atom is 0.0894 e. The van der Waals surface area contributed by atoms with Crippen LogP contribution in [0.3, 0.4) is 0 Å². The zero-order valence-electron chi connectivity index (χ0n) is 9.87. The Labute approximate surface area is 92.3 Å². The molecule has 0 aliphatic carbocycles. The van der Waals surface area contributed by atoms with Crippen LogP contribution in [0, 0.1) is 5.41 Å². The van der Waals surface area contributed by atoms with Crippen molar-refractivity contribution in [2.75, 3.05) is 39.8 Å². The van der Waals surface area contributed by atoms with Gasteiger partial charge in [-0.2, -0.15) is 0 Å². The molecule has 0 bridgehead atoms. The van der Waals surface area contributed by atoms with E-state index in [0.29, 0.717) is 12.0 Å². The van der Waals surface area contributed by atoms with Crippen molar-refractivity contribution >= 4 is 0 Å². The molecule has 3 N–H and O–H groups in total. The second-order valence-electron chi connectivity index (χ2n) is 5.08. The predicted molar refractivity (Wildman–Crippen MR) is 60.8 cm³/mol. The van der Waals surface area contributed by atoms with Crippen LogP contribution < -0.4 is 5.32 Å². The van der Waals surface area contributed by atoms with Gasteiger partial charge in [0.2, 0.25) is 0 Å². The van der Waals surface area contributed by atoms with Gasteiger partial charge in [-0.15, -0.1) is 0 Å². The van der Waals surface area contributed by atoms with E-state index in [2.05, 4.69) is 24.2 Å². The summed E-state index contributed by atoms with van der Waals surface area (Å²) in [7, 11) is 2.16. The number of nitrogens with one attached hydrogen (secondary N) is 1. The van der Waals surface area contributed by atoms with Gasteiger partial charge in [-0.25, -0.2) is 0 Å². The second-order valence-corrected chi connectivity index (χ2v) is 5.08. The second kappa shape index (κ2) is 5.80. The topological polar surface area (TPSA) is 55.7 Å². The highest BCUT2D eigenvalue weighted by molar-refractivity contribution is 4.83. The normalized spacial score (nSPS) is 24.0. The molecule has 1 unspecified atom stereocenters. The largest absolute Gasteiger partial charge is 0.394 e. The number of likely N-dealkylation sites (tertiary alicyclic amines) is 1. The van der Waals surface area contributed by atoms with E-state index in [9.17, 15) is 5.11 Å². The van der Waals surface area contributed by atoms with Crippen molar-refractivity contribution in [1.82, 2.24) is 10.2 Å². The van der Waals surface area contributed by atoms with Crippen LogP contribution in [0.2, 0.25) is 0 Å². The number of hydrogen-bond donors (Lipinski definition) is 3. The average Bonchev–Trinajstić information content (AvgIpc) is 2.23. The lowest BCUT2D eigenvalue weighted by Crippen LogP contribution is -2.43. The Morgan fingerprint density at radius 2 is 2.00 bits per heavy atom. The van der Waals surface area contributed by atoms with Crippen LogP contribution in [0.5, 0.6) is 0 Å². The lowest BCUT2D eigenvalue weighted by Gasteiger charge is -2.38. The first-order valence-electron chi connectivity index (χ1n) is 5.74. The van der Waals surface area contributed by atoms with Crippen molar-refractivity contribution < 1.29 is 10.2 Å². The fourth-order valence-corrected chi connectivity index (χ4v) is 1.94. The number of rotatable bonds is 5. The maximum atomic E-state index is 9.19. The van der Waals surface area contributed by atoms with Gasteiger partial charge in [0.1, 0.15) is 0 Å². The number of piperidine rings is 1. The third-order valence-electron chi connectivity index (χ3n) is 3.34. The standard InChI is InChI=1S/C11H24N2O2/c1-11(3-5-13(2)6-4-11)9-12-7-10(15)8-14/h10,12,14-15H,3-9H2,1-2H3. The van der Waals surface area contributed by atoms with Gasteiger partial charge in [0, 0.05) is 13.1 Å². The van der Waals surface area contributed by atoms with E-state index in [4.69, 9.17) is 5.11 Å². The van der Waals surface area contributed by atoms with Crippen LogP contribution in [0.25, 0.3) is 0 Å². The molecule has 1 aliphatic rings. The fourth-order valence-electron chi connectivity index (χ4n) is 1.94. The molecule has 15 heavy (non-hydrogen) atoms. The summed E-state index contributed by atoms with van der Waals surface area (Å²) in [6, 6.07) is 0. The molecule has 1 rings (SSSR count). The monoisotopic (exact) mass is 216 g/mol. The lowest BCUT2D eigenvalue weighted by molar-refractivity contribution is 0.0853. The van der Waals surface area contributed by atoms with Gasteiger partial charge < -0.3 is 20.4 Å². The number of aliphatic hydroxyl groups is 2. The van der Waals surface area contributed by atoms with E-state index < -0.39 is 6.10 Å². The van der Waals surface area contributed by atoms with E-state index in [0.717, 1.165) is 19.6 Å². The van der Waals surface area contributed by atoms with Crippen LogP contribution in [0.15, 0.2) is 0 Å². The van der Waals surface area contributed by atoms with Crippen molar-refractivity contribution in [2.45, 2.75) is 25.9 Å². The van der Waals surface area contributed by atoms with E-state index >= 15 is 0 Å². The van der Waals surface area contributed by atoms with Crippen molar-refractivity contribution in [1.29, 1.82) is 0 Å². The summed E-state index contributed by atoms with van der Waals surface area (Å²) < 4.78 is 0. The van der Waals surface area contributed by atoms with Crippen molar-refractivity contribution in [2.24, 2.45) is 5.41 Å². The van der Waals surface area contributed by atoms with Crippen LogP contribution >= 0.6 is 0 Å². The highest BCUT2D eigenvalue weighted by Crippen LogP contribution is 2.29. The van der Waals surface area contributed by atoms with Crippen LogP contribution in [-0.2, 0) is 0 Å². The minimum Gasteiger partial charge on any atom is -0.394 e. The highest BCUT2D eigenvalue weighted by atomic mass is 16.3. The number of nitrogens with zero attached hydrogens (tertiary/aromatic N) is 1. The minimum atomic E-state index is -0.625. The molecular formula is C11H24N2O2. The van der Waals surface area contributed by atoms with Gasteiger partial charge in [-0.1, -0.05) is 6.92 Å². The molecule has 0 aromatic carbocycles. The van der Waals surface area contributed by atoms with E-state index in [1.807, 2.05) is 0 Å². The molecule has 0 aromatic rings. The summed E-state index contributed by atoms with van der Waals surface area (Å²) in [5.41, 5.74) is 0.349. The molecular weight excluding hydrogens is 192 g/mol. The first-order chi connectivity index (χ1) is 7.06. The fraction of sp³-hybridized carbons (Fsp3) is 1.00. The predicted octanol–water partition coefficient (Wildman–Crippen LogP) is -0.339. The van der Waals surface area contributed by atoms with Crippen molar-refractivity contribution in [3.8, 4) is 0 Å². The van der Waals surface area contributed by atoms with Crippen LogP contribution in [0.1, 0.15) is 19.8 Å². The van der Waals surface area contributed by atoms with E-state index in [-0.39, 0.29) is 6.61 Å². The van der Waals surface area contributed by atoms with Crippen LogP contribution in [0.4, 0.5) is 0 Å². The Bertz CT molecular complexity index is 179. The number of hydrogen-bond acceptors (Lipinski definition) is 4. The third kappa shape index (κ3) is 4.47. The molecule has 0 spiro atoms. The molecule has 4 heteroatoms. The average molecular weight is 216 g/mol. The molecule has 1 heterocycles. The Hall–Kier alpha value is -0.160. The number of aliphatic hydroxyl groups excluding tert-OH is 2. The molecule has 1 aliphatic heterocycles. The Morgan fingerprint density at radius 3 is 2.53 bits per heavy atom. The Kier molecular flexibility index (Phi) is 4.99. The minimum absolute atomic E-state index is 0.160. The molecule has 1 saturated heterocycles. The molecule has 1 atom stereocenters. The Balaban J connectivity index is 2.19. The summed E-state index contributed by atoms with van der Waals surface area (Å²) in [6.07, 6.45) is 1.78. The van der Waals surface area contributed by atoms with Gasteiger partial charge in [-0.3, -0.25) is 0 Å². The molecule has 4 nitrogen and oxygen atoms in total. The van der Waals surface area contributed by atoms with Gasteiger partial charge >= 0.3 is 0 Å². The van der Waals surface area contributed by atoms with E-state index in [1.54, 1.807) is 0 Å². The summed E-state index contributed by atoms with van der Waals surface area (Å²) in [5, 5.41) is 21.1. The van der Waals surface area contributed by atoms with Crippen LogP contribution in [-0.4, -0.2) is 61.1 Å². The van der Waals surface area contributed by atoms with Crippen molar-refractivity contribution in [3.63, 3.8) is 0 Å². The smallest absolute Gasteiger partial charge is 0.0894 e. The van der Waals surface area contributed by atoms with Gasteiger partial charge in [0.05, 0.1) is 12.7 Å². The highest BCUT2D eigenvalue weighted by Gasteiger charge is 2.28. The molecule has 90 valence electrons. The lowest BCUT2D eigenvalue weighted by atomic mass is 9.80. The molecule has 0 radical (unpaired) electrons. The molecule has 0 saturated carbocycles. The maximum absolute atomic E-state index is 9.19. The summed E-state index contributed by atoms with van der Waals surface area (Å²) in [4.78, 5) is 2.35. The third-order valence-corrected chi connectivity index (χ3v) is 3.34. The Morgan fingerprint density at radius 1 is 1.40 bits per heavy atom. The van der Waals surface area contributed by atoms with E-state index in [1.165, 1.54) is 12.8 Å². The van der Waals surface area contributed by atoms with Gasteiger partial charge in [0.15, 0.2) is 0 Å². The molecule has 0 amide bonds. The van der Waals surface area contributed by atoms with Crippen molar-refractivity contribution in [3.05, 3.63) is 0 Å². The summed E-state index contributed by atoms with van der Waals surface area (Å²) >= 11 is 0. The quantitative estimate of drug-likeness (QED) is 0.588. The first kappa shape index (κ1) is 12.9. The zero-order valence-corrected chi connectivity index (χ0v) is 9.87. The molecule has 1 fully saturated rings. The van der Waals surface area contributed by atoms with Gasteiger partial charge in [0.25, 0.3) is 0 Å². The SMILES string of the molecule is CN1CCC(C)(CNCC(O)CO)CC1. The molecule has 0 aromatic heterocycles.